The lowest BCUT2D eigenvalue weighted by Crippen LogP contribution is -2.43. The maximum absolute atomic E-state index is 12.1. The van der Waals surface area contributed by atoms with Crippen LogP contribution in [0.3, 0.4) is 0 Å². The summed E-state index contributed by atoms with van der Waals surface area (Å²) < 4.78 is 5.44. The van der Waals surface area contributed by atoms with Crippen molar-refractivity contribution in [2.75, 3.05) is 25.0 Å². The molecule has 154 valence electrons. The number of likely N-dealkylation sites (tertiary alicyclic amines) is 1. The summed E-state index contributed by atoms with van der Waals surface area (Å²) >= 11 is 0. The van der Waals surface area contributed by atoms with Gasteiger partial charge < -0.3 is 20.3 Å². The summed E-state index contributed by atoms with van der Waals surface area (Å²) in [5.74, 6) is 0.551. The van der Waals surface area contributed by atoms with E-state index >= 15 is 0 Å². The molecule has 2 N–H and O–H groups in total. The Morgan fingerprint density at radius 3 is 2.38 bits per heavy atom. The normalized spacial score (nSPS) is 14.4. The number of rotatable bonds is 6. The molecule has 0 bridgehead atoms. The molecule has 0 spiro atoms. The van der Waals surface area contributed by atoms with Crippen LogP contribution in [0.4, 0.5) is 10.5 Å². The van der Waals surface area contributed by atoms with Gasteiger partial charge in [0.2, 0.25) is 0 Å². The molecule has 2 rings (SSSR count). The maximum Gasteiger partial charge on any atom is 0.410 e. The quantitative estimate of drug-likeness (QED) is 0.711. The number of anilines is 1. The second kappa shape index (κ2) is 10.5. The van der Waals surface area contributed by atoms with E-state index in [4.69, 9.17) is 15.3 Å². The predicted molar refractivity (Wildman–Crippen MR) is 112 cm³/mol. The molecule has 1 aliphatic heterocycles. The van der Waals surface area contributed by atoms with E-state index in [2.05, 4.69) is 10.6 Å². The van der Waals surface area contributed by atoms with Gasteiger partial charge in [0.05, 0.1) is 0 Å². The lowest BCUT2D eigenvalue weighted by Gasteiger charge is -2.33. The molecule has 0 aromatic heterocycles. The van der Waals surface area contributed by atoms with E-state index in [0.29, 0.717) is 5.92 Å². The minimum atomic E-state index is -0.454. The number of hydrogen-bond acceptors (Lipinski definition) is 6. The Morgan fingerprint density at radius 1 is 1.21 bits per heavy atom. The van der Waals surface area contributed by atoms with E-state index in [-0.39, 0.29) is 11.7 Å². The van der Waals surface area contributed by atoms with Crippen molar-refractivity contribution >= 4 is 11.8 Å². The molecule has 0 atom stereocenters. The van der Waals surface area contributed by atoms with Gasteiger partial charge >= 0.3 is 6.09 Å². The van der Waals surface area contributed by atoms with Gasteiger partial charge in [-0.1, -0.05) is 12.1 Å². The minimum absolute atomic E-state index is 0.0356. The van der Waals surface area contributed by atoms with Crippen molar-refractivity contribution < 1.29 is 9.53 Å². The van der Waals surface area contributed by atoms with Crippen molar-refractivity contribution in [3.8, 4) is 12.1 Å². The first-order valence-electron chi connectivity index (χ1n) is 9.85. The molecule has 29 heavy (non-hydrogen) atoms. The van der Waals surface area contributed by atoms with E-state index in [1.165, 1.54) is 6.20 Å². The van der Waals surface area contributed by atoms with Crippen LogP contribution in [0.2, 0.25) is 0 Å². The fourth-order valence-corrected chi connectivity index (χ4v) is 3.03. The van der Waals surface area contributed by atoms with Crippen LogP contribution in [0.15, 0.2) is 36.0 Å². The summed E-state index contributed by atoms with van der Waals surface area (Å²) in [7, 11) is 0. The Labute approximate surface area is 172 Å². The van der Waals surface area contributed by atoms with Gasteiger partial charge in [-0.2, -0.15) is 10.5 Å². The standard InChI is InChI=1S/C22H29N5O2/c1-22(2,3)29-21(28)27-10-8-18(9-11-27)15-25-14-17-4-6-20(7-5-17)26-16-19(12-23)13-24/h4-7,16,18,25-26H,8-11,14-15H2,1-3H3. The highest BCUT2D eigenvalue weighted by atomic mass is 16.6. The van der Waals surface area contributed by atoms with Crippen LogP contribution in [-0.4, -0.2) is 36.2 Å². The van der Waals surface area contributed by atoms with Crippen molar-refractivity contribution in [3.63, 3.8) is 0 Å². The molecular weight excluding hydrogens is 366 g/mol. The van der Waals surface area contributed by atoms with Gasteiger partial charge in [0.1, 0.15) is 23.3 Å². The molecule has 0 saturated carbocycles. The maximum atomic E-state index is 12.1. The van der Waals surface area contributed by atoms with Crippen molar-refractivity contribution in [2.24, 2.45) is 5.92 Å². The third-order valence-corrected chi connectivity index (χ3v) is 4.61. The van der Waals surface area contributed by atoms with Crippen LogP contribution < -0.4 is 10.6 Å². The first-order valence-corrected chi connectivity index (χ1v) is 9.85. The highest BCUT2D eigenvalue weighted by Gasteiger charge is 2.26. The second-order valence-corrected chi connectivity index (χ2v) is 8.16. The molecule has 0 radical (unpaired) electrons. The Morgan fingerprint density at radius 2 is 1.83 bits per heavy atom. The van der Waals surface area contributed by atoms with E-state index in [9.17, 15) is 4.79 Å². The van der Waals surface area contributed by atoms with E-state index in [1.54, 1.807) is 4.90 Å². The van der Waals surface area contributed by atoms with Crippen LogP contribution in [0.25, 0.3) is 0 Å². The Kier molecular flexibility index (Phi) is 8.06. The average Bonchev–Trinajstić information content (AvgIpc) is 2.69. The third-order valence-electron chi connectivity index (χ3n) is 4.61. The number of amides is 1. The van der Waals surface area contributed by atoms with Crippen molar-refractivity contribution in [2.45, 2.75) is 45.8 Å². The molecule has 1 aliphatic rings. The van der Waals surface area contributed by atoms with Gasteiger partial charge in [-0.15, -0.1) is 0 Å². The number of nitrogens with one attached hydrogen (secondary N) is 2. The Hall–Kier alpha value is -3.03. The number of piperidine rings is 1. The van der Waals surface area contributed by atoms with Crippen molar-refractivity contribution in [1.82, 2.24) is 10.2 Å². The van der Waals surface area contributed by atoms with E-state index < -0.39 is 5.60 Å². The molecule has 0 unspecified atom stereocenters. The van der Waals surface area contributed by atoms with Crippen LogP contribution in [0.5, 0.6) is 0 Å². The van der Waals surface area contributed by atoms with E-state index in [0.717, 1.165) is 50.3 Å². The summed E-state index contributed by atoms with van der Waals surface area (Å²) in [6.45, 7) is 8.82. The monoisotopic (exact) mass is 395 g/mol. The van der Waals surface area contributed by atoms with Crippen molar-refractivity contribution in [3.05, 3.63) is 41.6 Å². The molecule has 1 amide bonds. The summed E-state index contributed by atoms with van der Waals surface area (Å²) in [6.07, 6.45) is 3.13. The van der Waals surface area contributed by atoms with Gasteiger partial charge in [0, 0.05) is 31.5 Å². The summed E-state index contributed by atoms with van der Waals surface area (Å²) in [4.78, 5) is 13.9. The van der Waals surface area contributed by atoms with Crippen LogP contribution in [-0.2, 0) is 11.3 Å². The number of benzene rings is 1. The van der Waals surface area contributed by atoms with E-state index in [1.807, 2.05) is 57.2 Å². The molecular formula is C22H29N5O2. The number of hydrogen-bond donors (Lipinski definition) is 2. The van der Waals surface area contributed by atoms with Gasteiger partial charge in [-0.25, -0.2) is 4.79 Å². The second-order valence-electron chi connectivity index (χ2n) is 8.16. The minimum Gasteiger partial charge on any atom is -0.444 e. The predicted octanol–water partition coefficient (Wildman–Crippen LogP) is 3.77. The Balaban J connectivity index is 1.69. The zero-order valence-electron chi connectivity index (χ0n) is 17.4. The highest BCUT2D eigenvalue weighted by molar-refractivity contribution is 5.68. The number of nitrogens with zero attached hydrogens (tertiary/aromatic N) is 3. The largest absolute Gasteiger partial charge is 0.444 e. The first kappa shape index (κ1) is 22.3. The van der Waals surface area contributed by atoms with Crippen LogP contribution >= 0.6 is 0 Å². The zero-order chi connectivity index (χ0) is 21.3. The molecule has 1 saturated heterocycles. The molecule has 1 aromatic carbocycles. The molecule has 7 nitrogen and oxygen atoms in total. The smallest absolute Gasteiger partial charge is 0.410 e. The van der Waals surface area contributed by atoms with Gasteiger partial charge in [0.15, 0.2) is 0 Å². The number of carbonyl (C=O) groups excluding carboxylic acids is 1. The van der Waals surface area contributed by atoms with Gasteiger partial charge in [-0.05, 0) is 63.8 Å². The SMILES string of the molecule is CC(C)(C)OC(=O)N1CCC(CNCc2ccc(NC=C(C#N)C#N)cc2)CC1. The fourth-order valence-electron chi connectivity index (χ4n) is 3.03. The topological polar surface area (TPSA) is 101 Å². The molecule has 1 heterocycles. The third kappa shape index (κ3) is 7.85. The van der Waals surface area contributed by atoms with Crippen LogP contribution in [0.1, 0.15) is 39.2 Å². The summed E-state index contributed by atoms with van der Waals surface area (Å²) in [5.41, 5.74) is 1.57. The Bertz CT molecular complexity index is 772. The lowest BCUT2D eigenvalue weighted by molar-refractivity contribution is 0.0184. The number of ether oxygens (including phenoxy) is 1. The zero-order valence-corrected chi connectivity index (χ0v) is 17.4. The first-order chi connectivity index (χ1) is 13.8. The molecule has 0 aliphatic carbocycles. The number of nitriles is 2. The molecule has 7 heteroatoms. The average molecular weight is 396 g/mol. The van der Waals surface area contributed by atoms with Crippen molar-refractivity contribution in [1.29, 1.82) is 10.5 Å². The molecule has 1 fully saturated rings. The van der Waals surface area contributed by atoms with Gasteiger partial charge in [-0.3, -0.25) is 0 Å². The lowest BCUT2D eigenvalue weighted by atomic mass is 9.97. The highest BCUT2D eigenvalue weighted by Crippen LogP contribution is 2.19. The summed E-state index contributed by atoms with van der Waals surface area (Å²) in [6, 6.07) is 11.5. The van der Waals surface area contributed by atoms with Crippen LogP contribution in [0, 0.1) is 28.6 Å². The summed E-state index contributed by atoms with van der Waals surface area (Å²) in [5, 5.41) is 23.9. The number of carbonyl (C=O) groups is 1. The molecule has 1 aromatic rings. The van der Waals surface area contributed by atoms with Gasteiger partial charge in [0.25, 0.3) is 0 Å². The fraction of sp³-hybridized carbons (Fsp3) is 0.500. The number of allylic oxidation sites excluding steroid dienone is 1.